The summed E-state index contributed by atoms with van der Waals surface area (Å²) in [5, 5.41) is 4.41. The Morgan fingerprint density at radius 1 is 1.11 bits per heavy atom. The molecule has 3 rings (SSSR count). The van der Waals surface area contributed by atoms with Crippen LogP contribution in [0.4, 0.5) is 5.82 Å². The molecule has 19 heavy (non-hydrogen) atoms. The van der Waals surface area contributed by atoms with Gasteiger partial charge in [-0.1, -0.05) is 12.1 Å². The van der Waals surface area contributed by atoms with E-state index >= 15 is 0 Å². The first-order chi connectivity index (χ1) is 9.19. The van der Waals surface area contributed by atoms with Crippen LogP contribution in [0.25, 0.3) is 16.9 Å². The Bertz CT molecular complexity index is 746. The number of benzene rings is 1. The number of nitrogens with two attached hydrogens (primary N) is 1. The predicted octanol–water partition coefficient (Wildman–Crippen LogP) is 1.72. The maximum Gasteiger partial charge on any atom is 0.198 e. The third kappa shape index (κ3) is 1.92. The zero-order valence-corrected chi connectivity index (χ0v) is 10.8. The zero-order chi connectivity index (χ0) is 13.4. The first kappa shape index (κ1) is 11.6. The van der Waals surface area contributed by atoms with Gasteiger partial charge < -0.3 is 5.43 Å². The van der Waals surface area contributed by atoms with Gasteiger partial charge >= 0.3 is 0 Å². The summed E-state index contributed by atoms with van der Waals surface area (Å²) in [4.78, 5) is 9.05. The largest absolute Gasteiger partial charge is 0.305 e. The van der Waals surface area contributed by atoms with Crippen LogP contribution in [0.2, 0.25) is 0 Å². The van der Waals surface area contributed by atoms with Crippen LogP contribution in [0, 0.1) is 13.8 Å². The number of aromatic nitrogens is 4. The Morgan fingerprint density at radius 2 is 1.79 bits per heavy atom. The van der Waals surface area contributed by atoms with Crippen LogP contribution < -0.4 is 11.3 Å². The fourth-order valence-electron chi connectivity index (χ4n) is 2.08. The number of hydrogen-bond acceptors (Lipinski definition) is 5. The highest BCUT2D eigenvalue weighted by Gasteiger charge is 2.12. The predicted molar refractivity (Wildman–Crippen MR) is 73.9 cm³/mol. The molecule has 0 bridgehead atoms. The molecular weight excluding hydrogens is 240 g/mol. The van der Waals surface area contributed by atoms with Crippen molar-refractivity contribution in [2.45, 2.75) is 13.8 Å². The summed E-state index contributed by atoms with van der Waals surface area (Å²) in [6.45, 7) is 3.91. The molecule has 2 aromatic heterocycles. The first-order valence-corrected chi connectivity index (χ1v) is 5.96. The van der Waals surface area contributed by atoms with E-state index in [9.17, 15) is 0 Å². The van der Waals surface area contributed by atoms with Gasteiger partial charge in [0, 0.05) is 5.69 Å². The van der Waals surface area contributed by atoms with Gasteiger partial charge in [-0.25, -0.2) is 20.5 Å². The lowest BCUT2D eigenvalue weighted by Gasteiger charge is -2.10. The van der Waals surface area contributed by atoms with E-state index < -0.39 is 0 Å². The molecule has 3 N–H and O–H groups in total. The van der Waals surface area contributed by atoms with Crippen LogP contribution in [0.15, 0.2) is 30.3 Å². The highest BCUT2D eigenvalue weighted by molar-refractivity contribution is 5.78. The fourth-order valence-corrected chi connectivity index (χ4v) is 2.08. The molecule has 96 valence electrons. The normalized spacial score (nSPS) is 10.9. The molecule has 3 aromatic rings. The van der Waals surface area contributed by atoms with E-state index in [4.69, 9.17) is 5.84 Å². The van der Waals surface area contributed by atoms with Gasteiger partial charge in [0.05, 0.1) is 16.7 Å². The minimum atomic E-state index is 0.505. The summed E-state index contributed by atoms with van der Waals surface area (Å²) >= 11 is 0. The van der Waals surface area contributed by atoms with Crippen molar-refractivity contribution in [1.29, 1.82) is 0 Å². The second-order valence-corrected chi connectivity index (χ2v) is 4.37. The van der Waals surface area contributed by atoms with Crippen LogP contribution in [0.1, 0.15) is 11.4 Å². The molecule has 0 saturated heterocycles. The number of para-hydroxylation sites is 2. The Labute approximate surface area is 110 Å². The molecule has 0 fully saturated rings. The molecule has 0 amide bonds. The highest BCUT2D eigenvalue weighted by Crippen LogP contribution is 2.20. The van der Waals surface area contributed by atoms with Crippen LogP contribution in [0.3, 0.4) is 0 Å². The van der Waals surface area contributed by atoms with Gasteiger partial charge in [0.1, 0.15) is 0 Å². The molecule has 0 aliphatic heterocycles. The van der Waals surface area contributed by atoms with Gasteiger partial charge in [0.25, 0.3) is 0 Å². The molecule has 0 saturated carbocycles. The molecule has 0 aliphatic carbocycles. The Kier molecular flexibility index (Phi) is 2.64. The zero-order valence-electron chi connectivity index (χ0n) is 10.8. The van der Waals surface area contributed by atoms with E-state index in [0.717, 1.165) is 22.4 Å². The van der Waals surface area contributed by atoms with E-state index in [1.54, 1.807) is 4.68 Å². The van der Waals surface area contributed by atoms with Gasteiger partial charge in [-0.3, -0.25) is 0 Å². The third-order valence-corrected chi connectivity index (χ3v) is 2.90. The third-order valence-electron chi connectivity index (χ3n) is 2.90. The number of rotatable bonds is 2. The van der Waals surface area contributed by atoms with E-state index in [2.05, 4.69) is 20.5 Å². The number of nitrogens with zero attached hydrogens (tertiary/aromatic N) is 4. The van der Waals surface area contributed by atoms with Gasteiger partial charge in [-0.15, -0.1) is 0 Å². The second-order valence-electron chi connectivity index (χ2n) is 4.37. The molecule has 6 heteroatoms. The van der Waals surface area contributed by atoms with Crippen LogP contribution in [-0.4, -0.2) is 19.7 Å². The number of nitrogens with one attached hydrogen (secondary N) is 1. The summed E-state index contributed by atoms with van der Waals surface area (Å²) in [5.41, 5.74) is 6.10. The van der Waals surface area contributed by atoms with Crippen LogP contribution >= 0.6 is 0 Å². The van der Waals surface area contributed by atoms with Crippen LogP contribution in [0.5, 0.6) is 0 Å². The molecule has 0 unspecified atom stereocenters. The van der Waals surface area contributed by atoms with Crippen molar-refractivity contribution >= 4 is 16.9 Å². The van der Waals surface area contributed by atoms with Gasteiger partial charge in [-0.2, -0.15) is 5.10 Å². The van der Waals surface area contributed by atoms with Gasteiger partial charge in [0.15, 0.2) is 11.6 Å². The van der Waals surface area contributed by atoms with E-state index in [-0.39, 0.29) is 0 Å². The lowest BCUT2D eigenvalue weighted by molar-refractivity contribution is 0.806. The quantitative estimate of drug-likeness (QED) is 0.537. The van der Waals surface area contributed by atoms with Gasteiger partial charge in [0.2, 0.25) is 0 Å². The average molecular weight is 254 g/mol. The maximum absolute atomic E-state index is 5.54. The maximum atomic E-state index is 5.54. The molecule has 0 spiro atoms. The molecular formula is C13H14N6. The van der Waals surface area contributed by atoms with Crippen molar-refractivity contribution in [2.24, 2.45) is 5.84 Å². The summed E-state index contributed by atoms with van der Waals surface area (Å²) in [7, 11) is 0. The lowest BCUT2D eigenvalue weighted by atomic mass is 10.3. The lowest BCUT2D eigenvalue weighted by Crippen LogP contribution is -2.15. The van der Waals surface area contributed by atoms with Crippen molar-refractivity contribution < 1.29 is 0 Å². The highest BCUT2D eigenvalue weighted by atomic mass is 15.4. The fraction of sp³-hybridized carbons (Fsp3) is 0.154. The monoisotopic (exact) mass is 254 g/mol. The van der Waals surface area contributed by atoms with E-state index in [1.165, 1.54) is 0 Å². The van der Waals surface area contributed by atoms with Crippen molar-refractivity contribution in [1.82, 2.24) is 19.7 Å². The van der Waals surface area contributed by atoms with Crippen molar-refractivity contribution in [3.05, 3.63) is 41.7 Å². The molecule has 0 radical (unpaired) electrons. The number of anilines is 1. The minimum absolute atomic E-state index is 0.505. The standard InChI is InChI=1S/C13H14N6/c1-8-7-9(2)19(18-8)13-12(17-14)15-10-5-3-4-6-11(10)16-13/h3-7H,14H2,1-2H3,(H,15,17). The smallest absolute Gasteiger partial charge is 0.198 e. The number of nitrogen functional groups attached to an aromatic ring is 1. The molecule has 6 nitrogen and oxygen atoms in total. The number of hydrogen-bond donors (Lipinski definition) is 2. The van der Waals surface area contributed by atoms with Gasteiger partial charge in [-0.05, 0) is 32.0 Å². The number of aryl methyl sites for hydroxylation is 2. The van der Waals surface area contributed by atoms with Crippen molar-refractivity contribution in [3.63, 3.8) is 0 Å². The summed E-state index contributed by atoms with van der Waals surface area (Å²) in [5.74, 6) is 6.65. The summed E-state index contributed by atoms with van der Waals surface area (Å²) in [6.07, 6.45) is 0. The summed E-state index contributed by atoms with van der Waals surface area (Å²) < 4.78 is 1.74. The second kappa shape index (κ2) is 4.33. The molecule has 1 aromatic carbocycles. The Morgan fingerprint density at radius 3 is 2.37 bits per heavy atom. The van der Waals surface area contributed by atoms with Crippen molar-refractivity contribution in [2.75, 3.05) is 5.43 Å². The Balaban J connectivity index is 2.30. The van der Waals surface area contributed by atoms with Crippen LogP contribution in [-0.2, 0) is 0 Å². The first-order valence-electron chi connectivity index (χ1n) is 5.96. The average Bonchev–Trinajstić information content (AvgIpc) is 2.76. The van der Waals surface area contributed by atoms with Crippen molar-refractivity contribution in [3.8, 4) is 5.82 Å². The number of hydrazine groups is 1. The Hall–Kier alpha value is -2.47. The number of fused-ring (bicyclic) bond motifs is 1. The molecule has 2 heterocycles. The SMILES string of the molecule is Cc1cc(C)n(-c2nc3ccccc3nc2NN)n1. The molecule has 0 atom stereocenters. The van der Waals surface area contributed by atoms with E-state index in [0.29, 0.717) is 11.6 Å². The van der Waals surface area contributed by atoms with E-state index in [1.807, 2.05) is 44.2 Å². The topological polar surface area (TPSA) is 81.7 Å². The summed E-state index contributed by atoms with van der Waals surface area (Å²) in [6, 6.07) is 9.64. The minimum Gasteiger partial charge on any atom is -0.305 e. The molecule has 0 aliphatic rings.